The molecule has 2 aromatic carbocycles. The predicted molar refractivity (Wildman–Crippen MR) is 94.2 cm³/mol. The molecule has 0 radical (unpaired) electrons. The van der Waals surface area contributed by atoms with Gasteiger partial charge in [-0.15, -0.1) is 0 Å². The van der Waals surface area contributed by atoms with E-state index >= 15 is 0 Å². The number of hydrogen-bond donors (Lipinski definition) is 2. The Morgan fingerprint density at radius 3 is 2.25 bits per heavy atom. The molecule has 0 aromatic heterocycles. The number of benzene rings is 2. The number of carbonyl (C=O) groups excluding carboxylic acids is 2. The maximum atomic E-state index is 11.9. The molecule has 0 spiro atoms. The summed E-state index contributed by atoms with van der Waals surface area (Å²) in [6.45, 7) is 4.21. The summed E-state index contributed by atoms with van der Waals surface area (Å²) < 4.78 is 5.39. The lowest BCUT2D eigenvalue weighted by Gasteiger charge is -2.11. The van der Waals surface area contributed by atoms with Crippen LogP contribution in [0.4, 0.5) is 5.69 Å². The fourth-order valence-corrected chi connectivity index (χ4v) is 2.19. The average molecular weight is 326 g/mol. The van der Waals surface area contributed by atoms with Crippen LogP contribution in [-0.2, 0) is 4.79 Å². The van der Waals surface area contributed by atoms with E-state index < -0.39 is 5.91 Å². The highest BCUT2D eigenvalue weighted by Gasteiger charge is 2.06. The number of anilines is 1. The molecular formula is C19H22N2O3. The minimum Gasteiger partial charge on any atom is -0.484 e. The third-order valence-electron chi connectivity index (χ3n) is 3.88. The zero-order valence-corrected chi connectivity index (χ0v) is 13.9. The third kappa shape index (κ3) is 4.84. The smallest absolute Gasteiger partial charge is 0.262 e. The van der Waals surface area contributed by atoms with Crippen molar-refractivity contribution in [1.29, 1.82) is 0 Å². The molecule has 5 nitrogen and oxygen atoms in total. The maximum Gasteiger partial charge on any atom is 0.262 e. The first-order valence-electron chi connectivity index (χ1n) is 7.92. The summed E-state index contributed by atoms with van der Waals surface area (Å²) in [7, 11) is 0. The van der Waals surface area contributed by atoms with E-state index in [0.717, 1.165) is 12.1 Å². The summed E-state index contributed by atoms with van der Waals surface area (Å²) in [5.41, 5.74) is 7.55. The van der Waals surface area contributed by atoms with Crippen LogP contribution in [0.1, 0.15) is 42.1 Å². The highest BCUT2D eigenvalue weighted by molar-refractivity contribution is 5.93. The Hall–Kier alpha value is -2.82. The topological polar surface area (TPSA) is 81.4 Å². The molecule has 2 rings (SSSR count). The Morgan fingerprint density at radius 1 is 1.08 bits per heavy atom. The Balaban J connectivity index is 1.85. The monoisotopic (exact) mass is 326 g/mol. The van der Waals surface area contributed by atoms with Gasteiger partial charge in [-0.2, -0.15) is 0 Å². The first-order valence-corrected chi connectivity index (χ1v) is 7.92. The van der Waals surface area contributed by atoms with Crippen molar-refractivity contribution in [1.82, 2.24) is 0 Å². The molecule has 0 fully saturated rings. The van der Waals surface area contributed by atoms with Crippen LogP contribution in [0.15, 0.2) is 48.5 Å². The molecule has 1 unspecified atom stereocenters. The van der Waals surface area contributed by atoms with Gasteiger partial charge in [-0.1, -0.05) is 26.0 Å². The molecule has 0 heterocycles. The molecule has 2 aromatic rings. The van der Waals surface area contributed by atoms with Crippen LogP contribution in [-0.4, -0.2) is 18.4 Å². The summed E-state index contributed by atoms with van der Waals surface area (Å²) in [4.78, 5) is 22.9. The van der Waals surface area contributed by atoms with Crippen molar-refractivity contribution in [3.8, 4) is 5.75 Å². The fraction of sp³-hybridized carbons (Fsp3) is 0.263. The van der Waals surface area contributed by atoms with E-state index in [2.05, 4.69) is 19.2 Å². The van der Waals surface area contributed by atoms with Gasteiger partial charge >= 0.3 is 0 Å². The Kier molecular flexibility index (Phi) is 5.95. The van der Waals surface area contributed by atoms with Crippen LogP contribution >= 0.6 is 0 Å². The average Bonchev–Trinajstić information content (AvgIpc) is 2.60. The van der Waals surface area contributed by atoms with Gasteiger partial charge in [0.2, 0.25) is 5.91 Å². The van der Waals surface area contributed by atoms with Gasteiger partial charge in [-0.05, 0) is 54.3 Å². The molecule has 0 aliphatic rings. The molecular weight excluding hydrogens is 304 g/mol. The molecule has 0 bridgehead atoms. The lowest BCUT2D eigenvalue weighted by atomic mass is 9.99. The van der Waals surface area contributed by atoms with E-state index in [1.807, 2.05) is 24.3 Å². The second-order valence-electron chi connectivity index (χ2n) is 5.66. The van der Waals surface area contributed by atoms with Crippen molar-refractivity contribution >= 4 is 17.5 Å². The van der Waals surface area contributed by atoms with Crippen molar-refractivity contribution in [2.75, 3.05) is 11.9 Å². The van der Waals surface area contributed by atoms with Gasteiger partial charge in [0.15, 0.2) is 6.61 Å². The molecule has 0 saturated carbocycles. The normalized spacial score (nSPS) is 11.6. The Bertz CT molecular complexity index is 694. The van der Waals surface area contributed by atoms with Gasteiger partial charge in [-0.3, -0.25) is 9.59 Å². The molecule has 1 atom stereocenters. The van der Waals surface area contributed by atoms with Crippen LogP contribution in [0.5, 0.6) is 5.75 Å². The fourth-order valence-electron chi connectivity index (χ4n) is 2.19. The summed E-state index contributed by atoms with van der Waals surface area (Å²) in [5, 5.41) is 2.79. The van der Waals surface area contributed by atoms with E-state index in [9.17, 15) is 9.59 Å². The zero-order chi connectivity index (χ0) is 17.5. The lowest BCUT2D eigenvalue weighted by Crippen LogP contribution is -2.20. The van der Waals surface area contributed by atoms with Crippen molar-refractivity contribution in [3.05, 3.63) is 59.7 Å². The highest BCUT2D eigenvalue weighted by atomic mass is 16.5. The summed E-state index contributed by atoms with van der Waals surface area (Å²) in [5.74, 6) is 0.258. The quantitative estimate of drug-likeness (QED) is 0.819. The number of amides is 2. The van der Waals surface area contributed by atoms with E-state index in [0.29, 0.717) is 17.2 Å². The minimum atomic E-state index is -0.500. The van der Waals surface area contributed by atoms with Crippen LogP contribution in [0.2, 0.25) is 0 Å². The lowest BCUT2D eigenvalue weighted by molar-refractivity contribution is -0.118. The summed E-state index contributed by atoms with van der Waals surface area (Å²) in [6.07, 6.45) is 1.08. The number of ether oxygens (including phenoxy) is 1. The van der Waals surface area contributed by atoms with E-state index in [4.69, 9.17) is 10.5 Å². The molecule has 126 valence electrons. The van der Waals surface area contributed by atoms with Crippen molar-refractivity contribution in [3.63, 3.8) is 0 Å². The summed E-state index contributed by atoms with van der Waals surface area (Å²) >= 11 is 0. The van der Waals surface area contributed by atoms with E-state index in [1.54, 1.807) is 24.3 Å². The van der Waals surface area contributed by atoms with Crippen molar-refractivity contribution in [2.45, 2.75) is 26.2 Å². The number of nitrogens with two attached hydrogens (primary N) is 1. The SMILES string of the molecule is CCC(C)c1ccc(NC(=O)COc2ccc(C(N)=O)cc2)cc1. The molecule has 5 heteroatoms. The van der Waals surface area contributed by atoms with E-state index in [-0.39, 0.29) is 12.5 Å². The molecule has 0 aliphatic carbocycles. The van der Waals surface area contributed by atoms with Crippen LogP contribution in [0.3, 0.4) is 0 Å². The predicted octanol–water partition coefficient (Wildman–Crippen LogP) is 3.32. The molecule has 0 aliphatic heterocycles. The van der Waals surface area contributed by atoms with Gasteiger partial charge in [-0.25, -0.2) is 0 Å². The molecule has 2 amide bonds. The largest absolute Gasteiger partial charge is 0.484 e. The number of nitrogens with one attached hydrogen (secondary N) is 1. The molecule has 0 saturated heterocycles. The van der Waals surface area contributed by atoms with Crippen LogP contribution < -0.4 is 15.8 Å². The Labute approximate surface area is 141 Å². The van der Waals surface area contributed by atoms with E-state index in [1.165, 1.54) is 5.56 Å². The minimum absolute atomic E-state index is 0.108. The second kappa shape index (κ2) is 8.15. The first kappa shape index (κ1) is 17.5. The Morgan fingerprint density at radius 2 is 1.71 bits per heavy atom. The molecule has 3 N–H and O–H groups in total. The summed E-state index contributed by atoms with van der Waals surface area (Å²) in [6, 6.07) is 14.2. The van der Waals surface area contributed by atoms with Crippen LogP contribution in [0.25, 0.3) is 0 Å². The third-order valence-corrected chi connectivity index (χ3v) is 3.88. The maximum absolute atomic E-state index is 11.9. The number of rotatable bonds is 7. The van der Waals surface area contributed by atoms with Gasteiger partial charge in [0.05, 0.1) is 0 Å². The second-order valence-corrected chi connectivity index (χ2v) is 5.66. The number of primary amides is 1. The zero-order valence-electron chi connectivity index (χ0n) is 13.9. The van der Waals surface area contributed by atoms with Gasteiger partial charge < -0.3 is 15.8 Å². The van der Waals surface area contributed by atoms with Gasteiger partial charge in [0.25, 0.3) is 5.91 Å². The number of hydrogen-bond acceptors (Lipinski definition) is 3. The van der Waals surface area contributed by atoms with Crippen LogP contribution in [0, 0.1) is 0 Å². The molecule has 24 heavy (non-hydrogen) atoms. The number of carbonyl (C=O) groups is 2. The first-order chi connectivity index (χ1) is 11.5. The van der Waals surface area contributed by atoms with Crippen molar-refractivity contribution in [2.24, 2.45) is 5.73 Å². The highest BCUT2D eigenvalue weighted by Crippen LogP contribution is 2.20. The standard InChI is InChI=1S/C19H22N2O3/c1-3-13(2)14-4-8-16(9-5-14)21-18(22)12-24-17-10-6-15(7-11-17)19(20)23/h4-11,13H,3,12H2,1-2H3,(H2,20,23)(H,21,22). The van der Waals surface area contributed by atoms with Gasteiger partial charge in [0.1, 0.15) is 5.75 Å². The van der Waals surface area contributed by atoms with Gasteiger partial charge in [0, 0.05) is 11.3 Å². The van der Waals surface area contributed by atoms with Crippen molar-refractivity contribution < 1.29 is 14.3 Å².